The van der Waals surface area contributed by atoms with Gasteiger partial charge in [-0.15, -0.1) is 6.61 Å². The van der Waals surface area contributed by atoms with Crippen molar-refractivity contribution in [3.05, 3.63) is 23.8 Å². The molecule has 0 aliphatic heterocycles. The number of hydrogen-bond acceptors (Lipinski definition) is 5. The second kappa shape index (κ2) is 4.92. The third-order valence-electron chi connectivity index (χ3n) is 2.69. The maximum Gasteiger partial charge on any atom is 0.356 e. The van der Waals surface area contributed by atoms with Gasteiger partial charge >= 0.3 is 5.97 Å². The Morgan fingerprint density at radius 2 is 2.33 bits per heavy atom. The molecule has 94 valence electrons. The quantitative estimate of drug-likeness (QED) is 0.700. The molecule has 2 N–H and O–H groups in total. The van der Waals surface area contributed by atoms with Crippen molar-refractivity contribution in [3.63, 3.8) is 0 Å². The second-order valence-corrected chi connectivity index (χ2v) is 3.73. The molecule has 7 heteroatoms. The standard InChI is InChI=1S/C11H10N3O4/c15-2-1-6(4-16)7-3-12-9-8(7)13-5-14-10(9)11(17)18/h3-6,12H,1-2H2,(H,17,18)/q-1. The molecular weight excluding hydrogens is 238 g/mol. The Bertz CT molecular complexity index is 593. The van der Waals surface area contributed by atoms with E-state index in [9.17, 15) is 14.7 Å². The monoisotopic (exact) mass is 248 g/mol. The zero-order chi connectivity index (χ0) is 13.1. The molecule has 2 rings (SSSR count). The van der Waals surface area contributed by atoms with Crippen LogP contribution in [0.25, 0.3) is 11.0 Å². The van der Waals surface area contributed by atoms with E-state index in [0.717, 1.165) is 6.33 Å². The highest BCUT2D eigenvalue weighted by Crippen LogP contribution is 2.25. The van der Waals surface area contributed by atoms with E-state index in [1.807, 2.05) is 0 Å². The number of carbonyl (C=O) groups is 2. The summed E-state index contributed by atoms with van der Waals surface area (Å²) in [6.45, 7) is -0.382. The van der Waals surface area contributed by atoms with E-state index < -0.39 is 11.9 Å². The van der Waals surface area contributed by atoms with Gasteiger partial charge in [0.1, 0.15) is 12.6 Å². The van der Waals surface area contributed by atoms with E-state index in [4.69, 9.17) is 5.11 Å². The highest BCUT2D eigenvalue weighted by atomic mass is 16.4. The van der Waals surface area contributed by atoms with Gasteiger partial charge in [0.05, 0.1) is 11.0 Å². The molecule has 0 aliphatic rings. The van der Waals surface area contributed by atoms with Gasteiger partial charge in [0.25, 0.3) is 0 Å². The molecule has 2 aromatic heterocycles. The lowest BCUT2D eigenvalue weighted by Crippen LogP contribution is -2.12. The van der Waals surface area contributed by atoms with E-state index in [2.05, 4.69) is 15.0 Å². The zero-order valence-electron chi connectivity index (χ0n) is 9.29. The molecule has 1 unspecified atom stereocenters. The first kappa shape index (κ1) is 12.2. The van der Waals surface area contributed by atoms with E-state index in [0.29, 0.717) is 17.4 Å². The molecule has 0 saturated carbocycles. The Kier molecular flexibility index (Phi) is 3.33. The van der Waals surface area contributed by atoms with E-state index in [-0.39, 0.29) is 24.2 Å². The maximum absolute atomic E-state index is 11.0. The van der Waals surface area contributed by atoms with Crippen molar-refractivity contribution in [2.45, 2.75) is 12.3 Å². The van der Waals surface area contributed by atoms with Gasteiger partial charge < -0.3 is 20.0 Å². The first-order valence-electron chi connectivity index (χ1n) is 5.27. The SMILES string of the molecule is O=CC(CC[O-])c1c[nH]c2c(C(=O)O)ncnc12. The zero-order valence-corrected chi connectivity index (χ0v) is 9.29. The van der Waals surface area contributed by atoms with Crippen molar-refractivity contribution in [1.29, 1.82) is 0 Å². The Morgan fingerprint density at radius 1 is 1.56 bits per heavy atom. The van der Waals surface area contributed by atoms with Gasteiger partial charge in [-0.05, 0) is 0 Å². The highest BCUT2D eigenvalue weighted by Gasteiger charge is 2.19. The Balaban J connectivity index is 2.57. The molecule has 0 amide bonds. The number of aromatic amines is 1. The average molecular weight is 248 g/mol. The van der Waals surface area contributed by atoms with E-state index in [1.165, 1.54) is 6.20 Å². The molecule has 0 aromatic carbocycles. The van der Waals surface area contributed by atoms with Crippen molar-refractivity contribution in [2.24, 2.45) is 0 Å². The fourth-order valence-corrected chi connectivity index (χ4v) is 1.83. The summed E-state index contributed by atoms with van der Waals surface area (Å²) in [5, 5.41) is 19.6. The predicted octanol–water partition coefficient (Wildman–Crippen LogP) is -0.311. The number of rotatable bonds is 5. The van der Waals surface area contributed by atoms with Crippen molar-refractivity contribution in [1.82, 2.24) is 15.0 Å². The molecule has 2 heterocycles. The number of nitrogens with zero attached hydrogens (tertiary/aromatic N) is 2. The second-order valence-electron chi connectivity index (χ2n) is 3.73. The third kappa shape index (κ3) is 1.95. The summed E-state index contributed by atoms with van der Waals surface area (Å²) in [5.74, 6) is -1.75. The molecule has 2 aromatic rings. The smallest absolute Gasteiger partial charge is 0.356 e. The summed E-state index contributed by atoms with van der Waals surface area (Å²) >= 11 is 0. The lowest BCUT2D eigenvalue weighted by atomic mass is 9.99. The van der Waals surface area contributed by atoms with Crippen LogP contribution >= 0.6 is 0 Å². The number of H-pyrrole nitrogens is 1. The Hall–Kier alpha value is -2.28. The summed E-state index contributed by atoms with van der Waals surface area (Å²) < 4.78 is 0. The van der Waals surface area contributed by atoms with Crippen LogP contribution in [0.1, 0.15) is 28.4 Å². The number of carboxylic acid groups (broad SMARTS) is 1. The number of carboxylic acids is 1. The van der Waals surface area contributed by atoms with Gasteiger partial charge in [0, 0.05) is 17.7 Å². The van der Waals surface area contributed by atoms with Crippen LogP contribution in [0.4, 0.5) is 0 Å². The lowest BCUT2D eigenvalue weighted by molar-refractivity contribution is -0.368. The normalized spacial score (nSPS) is 12.5. The van der Waals surface area contributed by atoms with E-state index >= 15 is 0 Å². The topological polar surface area (TPSA) is 119 Å². The molecule has 0 bridgehead atoms. The number of hydrogen-bond donors (Lipinski definition) is 2. The van der Waals surface area contributed by atoms with Crippen molar-refractivity contribution >= 4 is 23.3 Å². The number of aromatic nitrogens is 3. The molecule has 0 saturated heterocycles. The Morgan fingerprint density at radius 3 is 2.94 bits per heavy atom. The largest absolute Gasteiger partial charge is 0.854 e. The van der Waals surface area contributed by atoms with Crippen molar-refractivity contribution in [3.8, 4) is 0 Å². The number of nitrogens with one attached hydrogen (secondary N) is 1. The predicted molar refractivity (Wildman–Crippen MR) is 59.1 cm³/mol. The summed E-state index contributed by atoms with van der Waals surface area (Å²) in [4.78, 5) is 32.3. The van der Waals surface area contributed by atoms with Crippen LogP contribution in [0.5, 0.6) is 0 Å². The fourth-order valence-electron chi connectivity index (χ4n) is 1.83. The minimum Gasteiger partial charge on any atom is -0.854 e. The fraction of sp³-hybridized carbons (Fsp3) is 0.273. The van der Waals surface area contributed by atoms with Crippen molar-refractivity contribution < 1.29 is 19.8 Å². The number of carbonyl (C=O) groups excluding carboxylic acids is 1. The Labute approximate surface area is 101 Å². The summed E-state index contributed by atoms with van der Waals surface area (Å²) in [5.41, 5.74) is 1.00. The van der Waals surface area contributed by atoms with Gasteiger partial charge in [-0.3, -0.25) is 0 Å². The first-order valence-corrected chi connectivity index (χ1v) is 5.27. The van der Waals surface area contributed by atoms with Gasteiger partial charge in [-0.2, -0.15) is 0 Å². The van der Waals surface area contributed by atoms with Gasteiger partial charge in [0.15, 0.2) is 5.69 Å². The molecule has 1 atom stereocenters. The number of fused-ring (bicyclic) bond motifs is 1. The molecular formula is C11H10N3O4-. The van der Waals surface area contributed by atoms with Crippen LogP contribution in [0.3, 0.4) is 0 Å². The summed E-state index contributed by atoms with van der Waals surface area (Å²) in [6, 6.07) is 0. The van der Waals surface area contributed by atoms with Crippen LogP contribution < -0.4 is 5.11 Å². The lowest BCUT2D eigenvalue weighted by Gasteiger charge is -2.10. The van der Waals surface area contributed by atoms with Crippen molar-refractivity contribution in [2.75, 3.05) is 6.61 Å². The van der Waals surface area contributed by atoms with Crippen LogP contribution in [0, 0.1) is 0 Å². The molecule has 0 fully saturated rings. The van der Waals surface area contributed by atoms with Crippen LogP contribution in [-0.2, 0) is 4.79 Å². The molecule has 0 spiro atoms. The maximum atomic E-state index is 11.0. The molecule has 7 nitrogen and oxygen atoms in total. The van der Waals surface area contributed by atoms with Gasteiger partial charge in [0.2, 0.25) is 0 Å². The van der Waals surface area contributed by atoms with Crippen LogP contribution in [-0.4, -0.2) is 38.9 Å². The van der Waals surface area contributed by atoms with Gasteiger partial charge in [-0.1, -0.05) is 6.42 Å². The first-order chi connectivity index (χ1) is 8.69. The average Bonchev–Trinajstić information content (AvgIpc) is 2.79. The number of aldehydes is 1. The summed E-state index contributed by atoms with van der Waals surface area (Å²) in [6.07, 6.45) is 3.45. The van der Waals surface area contributed by atoms with E-state index in [1.54, 1.807) is 0 Å². The molecule has 0 aliphatic carbocycles. The third-order valence-corrected chi connectivity index (χ3v) is 2.69. The minimum absolute atomic E-state index is 0.155. The molecule has 18 heavy (non-hydrogen) atoms. The molecule has 0 radical (unpaired) electrons. The highest BCUT2D eigenvalue weighted by molar-refractivity contribution is 6.00. The summed E-state index contributed by atoms with van der Waals surface area (Å²) in [7, 11) is 0. The minimum atomic E-state index is -1.18. The van der Waals surface area contributed by atoms with Gasteiger partial charge in [-0.25, -0.2) is 14.8 Å². The van der Waals surface area contributed by atoms with Crippen LogP contribution in [0.2, 0.25) is 0 Å². The van der Waals surface area contributed by atoms with Crippen LogP contribution in [0.15, 0.2) is 12.5 Å². The number of aromatic carboxylic acids is 1.